The Hall–Kier alpha value is -1.20. The topological polar surface area (TPSA) is 43.4 Å². The molecule has 1 atom stereocenters. The van der Waals surface area contributed by atoms with E-state index in [0.717, 1.165) is 13.0 Å². The molecule has 2 rings (SSSR count). The van der Waals surface area contributed by atoms with Crippen LogP contribution in [0.5, 0.6) is 5.88 Å². The van der Waals surface area contributed by atoms with Gasteiger partial charge < -0.3 is 14.8 Å². The maximum absolute atomic E-state index is 14.2. The second-order valence-corrected chi connectivity index (χ2v) is 5.22. The molecule has 19 heavy (non-hydrogen) atoms. The number of nitrogens with zero attached hydrogens (tertiary/aromatic N) is 1. The molecule has 0 aliphatic carbocycles. The Kier molecular flexibility index (Phi) is 5.10. The average Bonchev–Trinajstić information content (AvgIpc) is 2.86. The van der Waals surface area contributed by atoms with Gasteiger partial charge in [-0.3, -0.25) is 0 Å². The molecule has 1 aliphatic rings. The first kappa shape index (κ1) is 14.2. The van der Waals surface area contributed by atoms with Gasteiger partial charge in [-0.2, -0.15) is 0 Å². The molecule has 0 aromatic carbocycles. The lowest BCUT2D eigenvalue weighted by Gasteiger charge is -2.13. The molecular weight excluding hydrogens is 247 g/mol. The molecule has 106 valence electrons. The van der Waals surface area contributed by atoms with Crippen molar-refractivity contribution < 1.29 is 13.9 Å². The quantitative estimate of drug-likeness (QED) is 0.858. The molecule has 0 saturated carbocycles. The van der Waals surface area contributed by atoms with Crippen LogP contribution < -0.4 is 10.1 Å². The molecule has 1 N–H and O–H groups in total. The van der Waals surface area contributed by atoms with E-state index in [1.54, 1.807) is 12.3 Å². The van der Waals surface area contributed by atoms with Gasteiger partial charge in [0.05, 0.1) is 13.2 Å². The highest BCUT2D eigenvalue weighted by molar-refractivity contribution is 5.23. The predicted octanol–water partition coefficient (Wildman–Crippen LogP) is 2.13. The number of halogens is 1. The Labute approximate surface area is 113 Å². The van der Waals surface area contributed by atoms with Crippen molar-refractivity contribution in [2.24, 2.45) is 5.92 Å². The highest BCUT2D eigenvalue weighted by Crippen LogP contribution is 2.20. The van der Waals surface area contributed by atoms with E-state index in [-0.39, 0.29) is 17.8 Å². The third kappa shape index (κ3) is 4.14. The van der Waals surface area contributed by atoms with Gasteiger partial charge in [0.2, 0.25) is 0 Å². The maximum Gasteiger partial charge on any atom is 0.251 e. The van der Waals surface area contributed by atoms with E-state index in [9.17, 15) is 4.39 Å². The molecule has 1 fully saturated rings. The number of rotatable bonds is 6. The predicted molar refractivity (Wildman–Crippen MR) is 70.6 cm³/mol. The third-order valence-electron chi connectivity index (χ3n) is 2.97. The number of hydrogen-bond donors (Lipinski definition) is 1. The lowest BCUT2D eigenvalue weighted by atomic mass is 10.2. The van der Waals surface area contributed by atoms with Gasteiger partial charge in [0, 0.05) is 24.7 Å². The summed E-state index contributed by atoms with van der Waals surface area (Å²) in [4.78, 5) is 3.97. The third-order valence-corrected chi connectivity index (χ3v) is 2.97. The fourth-order valence-electron chi connectivity index (χ4n) is 1.94. The normalized spacial score (nSPS) is 19.1. The molecule has 0 radical (unpaired) electrons. The number of pyridine rings is 1. The van der Waals surface area contributed by atoms with Gasteiger partial charge in [-0.1, -0.05) is 13.8 Å². The highest BCUT2D eigenvalue weighted by Gasteiger charge is 2.20. The van der Waals surface area contributed by atoms with Gasteiger partial charge in [-0.05, 0) is 18.5 Å². The molecule has 1 aliphatic heterocycles. The zero-order valence-electron chi connectivity index (χ0n) is 11.5. The summed E-state index contributed by atoms with van der Waals surface area (Å²) in [7, 11) is 0. The van der Waals surface area contributed by atoms with Crippen molar-refractivity contribution in [1.82, 2.24) is 10.3 Å². The van der Waals surface area contributed by atoms with Crippen molar-refractivity contribution in [2.45, 2.75) is 32.9 Å². The Morgan fingerprint density at radius 3 is 3.11 bits per heavy atom. The fraction of sp³-hybridized carbons (Fsp3) is 0.643. The minimum Gasteiger partial charge on any atom is -0.470 e. The summed E-state index contributed by atoms with van der Waals surface area (Å²) in [6.07, 6.45) is 2.29. The Bertz CT molecular complexity index is 406. The van der Waals surface area contributed by atoms with Crippen LogP contribution in [-0.2, 0) is 11.3 Å². The summed E-state index contributed by atoms with van der Waals surface area (Å²) in [5.41, 5.74) is 0.588. The van der Waals surface area contributed by atoms with Gasteiger partial charge in [-0.15, -0.1) is 0 Å². The van der Waals surface area contributed by atoms with E-state index in [2.05, 4.69) is 24.1 Å². The van der Waals surface area contributed by atoms with Crippen molar-refractivity contribution in [3.8, 4) is 5.88 Å². The first-order valence-corrected chi connectivity index (χ1v) is 6.75. The molecule has 5 heteroatoms. The van der Waals surface area contributed by atoms with E-state index in [1.807, 2.05) is 0 Å². The van der Waals surface area contributed by atoms with Crippen LogP contribution in [0, 0.1) is 11.7 Å². The van der Waals surface area contributed by atoms with Crippen molar-refractivity contribution >= 4 is 0 Å². The summed E-state index contributed by atoms with van der Waals surface area (Å²) in [5.74, 6) is 0.251. The second-order valence-electron chi connectivity index (χ2n) is 5.22. The monoisotopic (exact) mass is 268 g/mol. The molecule has 1 saturated heterocycles. The van der Waals surface area contributed by atoms with Crippen molar-refractivity contribution in [3.63, 3.8) is 0 Å². The van der Waals surface area contributed by atoms with Gasteiger partial charge >= 0.3 is 0 Å². The number of hydrogen-bond acceptors (Lipinski definition) is 4. The van der Waals surface area contributed by atoms with Crippen LogP contribution in [0.25, 0.3) is 0 Å². The first-order chi connectivity index (χ1) is 9.16. The first-order valence-electron chi connectivity index (χ1n) is 6.75. The van der Waals surface area contributed by atoms with Gasteiger partial charge in [0.15, 0.2) is 5.82 Å². The highest BCUT2D eigenvalue weighted by atomic mass is 19.1. The minimum atomic E-state index is -0.370. The molecule has 0 bridgehead atoms. The summed E-state index contributed by atoms with van der Waals surface area (Å²) in [6.45, 7) is 6.76. The molecular formula is C14H21FN2O2. The van der Waals surface area contributed by atoms with Crippen LogP contribution in [0.3, 0.4) is 0 Å². The van der Waals surface area contributed by atoms with Gasteiger partial charge in [0.25, 0.3) is 5.88 Å². The van der Waals surface area contributed by atoms with Crippen molar-refractivity contribution in [3.05, 3.63) is 23.6 Å². The van der Waals surface area contributed by atoms with Crippen LogP contribution in [0.1, 0.15) is 25.8 Å². The van der Waals surface area contributed by atoms with Gasteiger partial charge in [0.1, 0.15) is 6.10 Å². The largest absolute Gasteiger partial charge is 0.470 e. The molecule has 0 spiro atoms. The van der Waals surface area contributed by atoms with Crippen LogP contribution in [0.15, 0.2) is 12.3 Å². The minimum absolute atomic E-state index is 0.0825. The average molecular weight is 268 g/mol. The maximum atomic E-state index is 14.2. The van der Waals surface area contributed by atoms with E-state index >= 15 is 0 Å². The lowest BCUT2D eigenvalue weighted by molar-refractivity contribution is 0.134. The van der Waals surface area contributed by atoms with E-state index in [0.29, 0.717) is 31.2 Å². The van der Waals surface area contributed by atoms with E-state index < -0.39 is 0 Å². The summed E-state index contributed by atoms with van der Waals surface area (Å²) in [6, 6.07) is 1.68. The fourth-order valence-corrected chi connectivity index (χ4v) is 1.94. The molecule has 2 heterocycles. The van der Waals surface area contributed by atoms with E-state index in [1.165, 1.54) is 0 Å². The van der Waals surface area contributed by atoms with Crippen LogP contribution in [0.4, 0.5) is 4.39 Å². The summed E-state index contributed by atoms with van der Waals surface area (Å²) >= 11 is 0. The number of aromatic nitrogens is 1. The molecule has 1 unspecified atom stereocenters. The lowest BCUT2D eigenvalue weighted by Crippen LogP contribution is -2.21. The summed E-state index contributed by atoms with van der Waals surface area (Å²) < 4.78 is 24.9. The number of ether oxygens (including phenoxy) is 2. The van der Waals surface area contributed by atoms with Crippen LogP contribution in [-0.4, -0.2) is 30.8 Å². The zero-order chi connectivity index (χ0) is 13.7. The van der Waals surface area contributed by atoms with Crippen molar-refractivity contribution in [1.29, 1.82) is 0 Å². The van der Waals surface area contributed by atoms with E-state index in [4.69, 9.17) is 9.47 Å². The van der Waals surface area contributed by atoms with Crippen LogP contribution >= 0.6 is 0 Å². The Balaban J connectivity index is 1.96. The number of nitrogens with one attached hydrogen (secondary N) is 1. The standard InChI is InChI=1S/C14H21FN2O2/c1-10(2)7-16-8-11-3-5-17-14(13(11)15)19-12-4-6-18-9-12/h3,5,10,12,16H,4,6-9H2,1-2H3. The Morgan fingerprint density at radius 2 is 2.42 bits per heavy atom. The summed E-state index contributed by atoms with van der Waals surface area (Å²) in [5, 5.41) is 3.21. The molecule has 0 amide bonds. The Morgan fingerprint density at radius 1 is 1.58 bits per heavy atom. The molecule has 4 nitrogen and oxygen atoms in total. The smallest absolute Gasteiger partial charge is 0.251 e. The van der Waals surface area contributed by atoms with Crippen molar-refractivity contribution in [2.75, 3.05) is 19.8 Å². The van der Waals surface area contributed by atoms with Gasteiger partial charge in [-0.25, -0.2) is 9.37 Å². The molecule has 1 aromatic heterocycles. The zero-order valence-corrected chi connectivity index (χ0v) is 11.5. The molecule has 1 aromatic rings. The van der Waals surface area contributed by atoms with Crippen LogP contribution in [0.2, 0.25) is 0 Å². The SMILES string of the molecule is CC(C)CNCc1ccnc(OC2CCOC2)c1F. The second kappa shape index (κ2) is 6.82.